The maximum atomic E-state index is 13.4. The van der Waals surface area contributed by atoms with E-state index in [9.17, 15) is 19.8 Å². The second-order valence-corrected chi connectivity index (χ2v) is 23.5. The molecule has 0 aliphatic heterocycles. The normalized spacial score (nSPS) is 40.2. The fraction of sp³-hybridized carbons (Fsp3) is 0.842. The Morgan fingerprint density at radius 3 is 1.57 bits per heavy atom. The molecular weight excluding hydrogens is 842 g/mol. The van der Waals surface area contributed by atoms with Gasteiger partial charge in [0.25, 0.3) is 0 Å². The molecule has 2 aromatic rings. The molecular formula is C57H100LiN5O5. The van der Waals surface area contributed by atoms with Gasteiger partial charge in [0, 0.05) is 51.6 Å². The van der Waals surface area contributed by atoms with Crippen LogP contribution in [-0.4, -0.2) is 71.9 Å². The topological polar surface area (TPSA) is 123 Å². The first kappa shape index (κ1) is 60.3. The largest absolute Gasteiger partial charge is 1.00 e. The molecule has 8 saturated carbocycles. The van der Waals surface area contributed by atoms with E-state index in [2.05, 4.69) is 37.9 Å². The van der Waals surface area contributed by atoms with E-state index < -0.39 is 11.2 Å². The fourth-order valence-electron chi connectivity index (χ4n) is 16.4. The number of amides is 1. The Kier molecular flexibility index (Phi) is 21.9. The molecule has 0 aromatic carbocycles. The van der Waals surface area contributed by atoms with Crippen molar-refractivity contribution in [2.45, 2.75) is 197 Å². The van der Waals surface area contributed by atoms with Gasteiger partial charge in [0.05, 0.1) is 18.3 Å². The van der Waals surface area contributed by atoms with E-state index in [4.69, 9.17) is 4.84 Å². The van der Waals surface area contributed by atoms with Crippen molar-refractivity contribution in [2.24, 2.45) is 95.9 Å². The number of Topliss-reactive ketones (excluding diaryl/α,β-unsaturated/α-hetero) is 1. The quantitative estimate of drug-likeness (QED) is 0.133. The SMILES string of the molecule is C.C.C.CON(C)C(=O)[C@H]1CC[C@H]2[C@@H]3CC[C@@H]4C[C@](C)(O)CC[C@@H]4[C@H]3CC[C@]12C.Cn1cccn1.Cn1nccc1C(=O)[C@H]1CC[C@H]2[C@@H]3CC[C@@H]4C[C@](C)(O)CC[C@@H]4[C@H]3CC[C@]12C.[CH2-]CCC.[Li+]. The number of carbonyl (C=O) groups is 2. The number of hydrogen-bond acceptors (Lipinski definition) is 7. The van der Waals surface area contributed by atoms with Gasteiger partial charge in [-0.1, -0.05) is 49.5 Å². The average Bonchev–Trinajstić information content (AvgIpc) is 4.08. The predicted octanol–water partition coefficient (Wildman–Crippen LogP) is 9.60. The second-order valence-electron chi connectivity index (χ2n) is 23.5. The van der Waals surface area contributed by atoms with Crippen molar-refractivity contribution in [3.63, 3.8) is 0 Å². The molecule has 8 aliphatic rings. The number of rotatable bonds is 5. The first-order valence-electron chi connectivity index (χ1n) is 25.9. The Hall–Kier alpha value is -1.96. The number of ketones is 1. The van der Waals surface area contributed by atoms with Gasteiger partial charge in [-0.2, -0.15) is 16.6 Å². The third-order valence-electron chi connectivity index (χ3n) is 19.7. The zero-order chi connectivity index (χ0) is 46.2. The smallest absolute Gasteiger partial charge is 0.390 e. The van der Waals surface area contributed by atoms with Crippen molar-refractivity contribution in [3.05, 3.63) is 43.3 Å². The van der Waals surface area contributed by atoms with Crippen LogP contribution in [-0.2, 0) is 23.7 Å². The van der Waals surface area contributed by atoms with Gasteiger partial charge in [0.15, 0.2) is 5.78 Å². The van der Waals surface area contributed by atoms with E-state index in [1.165, 1.54) is 88.5 Å². The molecule has 11 heteroatoms. The first-order valence-corrected chi connectivity index (χ1v) is 25.9. The van der Waals surface area contributed by atoms with Gasteiger partial charge in [-0.05, 0) is 212 Å². The third-order valence-corrected chi connectivity index (χ3v) is 19.7. The van der Waals surface area contributed by atoms with Gasteiger partial charge in [-0.25, -0.2) is 5.06 Å². The average molecular weight is 942 g/mol. The summed E-state index contributed by atoms with van der Waals surface area (Å²) in [6.07, 6.45) is 28.7. The summed E-state index contributed by atoms with van der Waals surface area (Å²) >= 11 is 0. The van der Waals surface area contributed by atoms with E-state index in [1.54, 1.807) is 35.9 Å². The number of aromatic nitrogens is 4. The molecule has 384 valence electrons. The van der Waals surface area contributed by atoms with Crippen LogP contribution in [0.2, 0.25) is 0 Å². The summed E-state index contributed by atoms with van der Waals surface area (Å²) in [4.78, 5) is 31.4. The van der Waals surface area contributed by atoms with Gasteiger partial charge >= 0.3 is 18.9 Å². The summed E-state index contributed by atoms with van der Waals surface area (Å²) in [5, 5.41) is 30.6. The molecule has 16 atom stereocenters. The minimum Gasteiger partial charge on any atom is -0.390 e. The molecule has 0 saturated heterocycles. The van der Waals surface area contributed by atoms with Gasteiger partial charge < -0.3 is 17.1 Å². The van der Waals surface area contributed by atoms with Crippen LogP contribution >= 0.6 is 0 Å². The Morgan fingerprint density at radius 1 is 0.706 bits per heavy atom. The van der Waals surface area contributed by atoms with Crippen LogP contribution in [0.3, 0.4) is 0 Å². The van der Waals surface area contributed by atoms with Crippen molar-refractivity contribution < 1.29 is 43.5 Å². The van der Waals surface area contributed by atoms with E-state index in [0.717, 1.165) is 98.0 Å². The van der Waals surface area contributed by atoms with Gasteiger partial charge in [-0.3, -0.25) is 23.8 Å². The molecule has 8 aliphatic carbocycles. The van der Waals surface area contributed by atoms with Crippen molar-refractivity contribution >= 4 is 11.7 Å². The summed E-state index contributed by atoms with van der Waals surface area (Å²) in [5.41, 5.74) is 0.220. The first-order chi connectivity index (χ1) is 30.4. The number of aryl methyl sites for hydroxylation is 2. The zero-order valence-electron chi connectivity index (χ0n) is 42.5. The molecule has 1 amide bonds. The minimum absolute atomic E-state index is 0. The molecule has 2 heterocycles. The molecule has 0 bridgehead atoms. The maximum Gasteiger partial charge on any atom is 1.00 e. The van der Waals surface area contributed by atoms with Gasteiger partial charge in [0.1, 0.15) is 5.69 Å². The fourth-order valence-corrected chi connectivity index (χ4v) is 16.4. The Morgan fingerprint density at radius 2 is 1.18 bits per heavy atom. The number of nitrogens with zero attached hydrogens (tertiary/aromatic N) is 5. The Balaban J connectivity index is 0.000000286. The Bertz CT molecular complexity index is 1850. The number of fused-ring (bicyclic) bond motifs is 10. The molecule has 10 rings (SSSR count). The van der Waals surface area contributed by atoms with Crippen LogP contribution in [0.25, 0.3) is 0 Å². The van der Waals surface area contributed by atoms with Crippen molar-refractivity contribution in [1.29, 1.82) is 0 Å². The predicted molar refractivity (Wildman–Crippen MR) is 273 cm³/mol. The summed E-state index contributed by atoms with van der Waals surface area (Å²) in [5.74, 6) is 8.54. The van der Waals surface area contributed by atoms with Crippen molar-refractivity contribution in [1.82, 2.24) is 24.6 Å². The van der Waals surface area contributed by atoms with Crippen molar-refractivity contribution in [3.8, 4) is 0 Å². The monoisotopic (exact) mass is 942 g/mol. The number of hydroxylamine groups is 2. The molecule has 2 aromatic heterocycles. The van der Waals surface area contributed by atoms with Crippen LogP contribution in [0, 0.1) is 88.8 Å². The summed E-state index contributed by atoms with van der Waals surface area (Å²) in [7, 11) is 7.12. The van der Waals surface area contributed by atoms with Crippen LogP contribution in [0.4, 0.5) is 0 Å². The van der Waals surface area contributed by atoms with Gasteiger partial charge in [0.2, 0.25) is 5.91 Å². The third kappa shape index (κ3) is 12.3. The van der Waals surface area contributed by atoms with E-state index >= 15 is 0 Å². The van der Waals surface area contributed by atoms with Crippen LogP contribution < -0.4 is 18.9 Å². The second kappa shape index (κ2) is 24.6. The summed E-state index contributed by atoms with van der Waals surface area (Å²) in [6, 6.07) is 3.78. The van der Waals surface area contributed by atoms with Crippen LogP contribution in [0.15, 0.2) is 30.7 Å². The molecule has 10 nitrogen and oxygen atoms in total. The molecule has 0 radical (unpaired) electrons. The van der Waals surface area contributed by atoms with Gasteiger partial charge in [-0.15, -0.1) is 0 Å². The van der Waals surface area contributed by atoms with E-state index in [0.29, 0.717) is 17.6 Å². The minimum atomic E-state index is -0.439. The molecule has 2 N–H and O–H groups in total. The van der Waals surface area contributed by atoms with E-state index in [-0.39, 0.29) is 69.7 Å². The number of hydrogen-bond donors (Lipinski definition) is 2. The van der Waals surface area contributed by atoms with E-state index in [1.807, 2.05) is 46.3 Å². The number of unbranched alkanes of at least 4 members (excludes halogenated alkanes) is 1. The molecule has 68 heavy (non-hydrogen) atoms. The zero-order valence-corrected chi connectivity index (χ0v) is 42.5. The van der Waals surface area contributed by atoms with Crippen LogP contribution in [0.5, 0.6) is 0 Å². The van der Waals surface area contributed by atoms with Crippen molar-refractivity contribution in [2.75, 3.05) is 14.2 Å². The summed E-state index contributed by atoms with van der Waals surface area (Å²) in [6.45, 7) is 14.6. The molecule has 8 fully saturated rings. The van der Waals surface area contributed by atoms with Crippen LogP contribution in [0.1, 0.15) is 196 Å². The standard InChI is InChI=1S/C24H36N2O2.C22H37NO3.C4H6N2.C4H9.3CH4.Li/c1-23(28)11-8-16-15(14-23)4-5-18-17(16)9-12-24(2)19(18)6-7-20(24)22(27)21-10-13-25-26(21)3;1-21(25)11-9-15-14(13-21)5-6-17-16(15)10-12-22(2)18(17)7-8-19(22)20(24)23(3)26-4;1-6-4-2-3-5-6;1-3-4-2;;;;/h10,13,15-20,28H,4-9,11-12,14H2,1-3H3;14-19,25H,5-13H2,1-4H3;2-4H,1H3;1,3-4H2,2H3;3*1H4;/q;;;-1;;;;+1/t15-,16+,17-,18-,19+,20-,23-,24+;14-,15+,16-,17-,18+,19-,21-,22+;;;;;;/m11....../s1. The maximum absolute atomic E-state index is 13.4. The Labute approximate surface area is 427 Å². The number of aliphatic hydroxyl groups is 2. The molecule has 0 spiro atoms. The molecule has 0 unspecified atom stereocenters. The number of carbonyl (C=O) groups excluding carboxylic acids is 2. The summed E-state index contributed by atoms with van der Waals surface area (Å²) < 4.78 is 3.50.